The van der Waals surface area contributed by atoms with Crippen molar-refractivity contribution in [1.82, 2.24) is 5.32 Å². The van der Waals surface area contributed by atoms with E-state index < -0.39 is 6.29 Å². The molecule has 0 unspecified atom stereocenters. The molecule has 2 N–H and O–H groups in total. The molecule has 1 aliphatic carbocycles. The maximum atomic E-state index is 12.7. The quantitative estimate of drug-likeness (QED) is 0.725. The van der Waals surface area contributed by atoms with E-state index in [1.807, 2.05) is 19.1 Å². The SMILES string of the molecule is CCO[C@@H]1OC(C(=O)NC2CCCC2)=C[C@H](c2cccs2)[C@H]1CCCO. The first-order valence-electron chi connectivity index (χ1n) is 9.68. The van der Waals surface area contributed by atoms with Gasteiger partial charge in [0.2, 0.25) is 6.29 Å². The predicted octanol–water partition coefficient (Wildman–Crippen LogP) is 3.56. The Morgan fingerprint density at radius 3 is 2.88 bits per heavy atom. The summed E-state index contributed by atoms with van der Waals surface area (Å²) < 4.78 is 11.8. The molecule has 144 valence electrons. The highest BCUT2D eigenvalue weighted by Crippen LogP contribution is 2.41. The van der Waals surface area contributed by atoms with E-state index in [1.165, 1.54) is 17.7 Å². The molecule has 0 aromatic carbocycles. The summed E-state index contributed by atoms with van der Waals surface area (Å²) in [5.41, 5.74) is 0. The van der Waals surface area contributed by atoms with Gasteiger partial charge in [0.25, 0.3) is 5.91 Å². The monoisotopic (exact) mass is 379 g/mol. The summed E-state index contributed by atoms with van der Waals surface area (Å²) in [4.78, 5) is 13.9. The lowest BCUT2D eigenvalue weighted by molar-refractivity contribution is -0.166. The van der Waals surface area contributed by atoms with Crippen molar-refractivity contribution in [3.8, 4) is 0 Å². The van der Waals surface area contributed by atoms with Crippen LogP contribution in [0.2, 0.25) is 0 Å². The highest BCUT2D eigenvalue weighted by molar-refractivity contribution is 7.10. The molecule has 5 nitrogen and oxygen atoms in total. The molecular formula is C20H29NO4S. The van der Waals surface area contributed by atoms with Crippen molar-refractivity contribution in [3.05, 3.63) is 34.2 Å². The zero-order valence-corrected chi connectivity index (χ0v) is 16.2. The minimum Gasteiger partial charge on any atom is -0.459 e. The molecular weight excluding hydrogens is 350 g/mol. The molecule has 0 saturated heterocycles. The lowest BCUT2D eigenvalue weighted by Gasteiger charge is -2.36. The van der Waals surface area contributed by atoms with Gasteiger partial charge in [-0.25, -0.2) is 0 Å². The molecule has 3 rings (SSSR count). The third-order valence-electron chi connectivity index (χ3n) is 5.20. The average molecular weight is 380 g/mol. The van der Waals surface area contributed by atoms with Gasteiger partial charge in [-0.05, 0) is 50.1 Å². The van der Waals surface area contributed by atoms with Crippen LogP contribution in [0.3, 0.4) is 0 Å². The van der Waals surface area contributed by atoms with Crippen molar-refractivity contribution in [2.75, 3.05) is 13.2 Å². The largest absolute Gasteiger partial charge is 0.459 e. The normalized spacial score (nSPS) is 26.4. The Balaban J connectivity index is 1.82. The van der Waals surface area contributed by atoms with Crippen molar-refractivity contribution in [1.29, 1.82) is 0 Å². The molecule has 1 aliphatic heterocycles. The van der Waals surface area contributed by atoms with E-state index in [2.05, 4.69) is 16.8 Å². The molecule has 26 heavy (non-hydrogen) atoms. The van der Waals surface area contributed by atoms with E-state index in [0.29, 0.717) is 18.8 Å². The summed E-state index contributed by atoms with van der Waals surface area (Å²) in [5, 5.41) is 14.4. The Labute approximate surface area is 159 Å². The van der Waals surface area contributed by atoms with Crippen LogP contribution in [0.15, 0.2) is 29.3 Å². The number of rotatable bonds is 8. The number of nitrogens with one attached hydrogen (secondary N) is 1. The number of thiophene rings is 1. The minimum absolute atomic E-state index is 0.0659. The summed E-state index contributed by atoms with van der Waals surface area (Å²) in [6.07, 6.45) is 7.40. The van der Waals surface area contributed by atoms with Crippen LogP contribution in [0.4, 0.5) is 0 Å². The highest BCUT2D eigenvalue weighted by Gasteiger charge is 2.38. The number of hydrogen-bond donors (Lipinski definition) is 2. The number of aliphatic hydroxyl groups excluding tert-OH is 1. The summed E-state index contributed by atoms with van der Waals surface area (Å²) >= 11 is 1.68. The van der Waals surface area contributed by atoms with Crippen molar-refractivity contribution >= 4 is 17.2 Å². The summed E-state index contributed by atoms with van der Waals surface area (Å²) in [7, 11) is 0. The fourth-order valence-corrected chi connectivity index (χ4v) is 4.77. The van der Waals surface area contributed by atoms with Gasteiger partial charge in [-0.15, -0.1) is 11.3 Å². The maximum Gasteiger partial charge on any atom is 0.286 e. The lowest BCUT2D eigenvalue weighted by atomic mass is 9.84. The number of allylic oxidation sites excluding steroid dienone is 1. The highest BCUT2D eigenvalue weighted by atomic mass is 32.1. The first-order chi connectivity index (χ1) is 12.7. The van der Waals surface area contributed by atoms with Crippen molar-refractivity contribution in [3.63, 3.8) is 0 Å². The van der Waals surface area contributed by atoms with Crippen LogP contribution in [0.5, 0.6) is 0 Å². The van der Waals surface area contributed by atoms with Crippen LogP contribution in [0.1, 0.15) is 56.2 Å². The fourth-order valence-electron chi connectivity index (χ4n) is 3.90. The molecule has 2 aliphatic rings. The third-order valence-corrected chi connectivity index (χ3v) is 6.17. The first kappa shape index (κ1) is 19.4. The smallest absolute Gasteiger partial charge is 0.286 e. The number of hydrogen-bond acceptors (Lipinski definition) is 5. The Bertz CT molecular complexity index is 595. The Hall–Kier alpha value is -1.37. The van der Waals surface area contributed by atoms with Gasteiger partial charge in [0.05, 0.1) is 0 Å². The second-order valence-corrected chi connectivity index (χ2v) is 7.98. The molecule has 0 spiro atoms. The van der Waals surface area contributed by atoms with E-state index in [0.717, 1.165) is 19.3 Å². The Morgan fingerprint density at radius 1 is 1.42 bits per heavy atom. The number of carbonyl (C=O) groups is 1. The van der Waals surface area contributed by atoms with Gasteiger partial charge in [-0.2, -0.15) is 0 Å². The van der Waals surface area contributed by atoms with Crippen LogP contribution >= 0.6 is 11.3 Å². The van der Waals surface area contributed by atoms with Crippen molar-refractivity contribution in [2.24, 2.45) is 5.92 Å². The maximum absolute atomic E-state index is 12.7. The van der Waals surface area contributed by atoms with Crippen molar-refractivity contribution in [2.45, 2.75) is 63.7 Å². The van der Waals surface area contributed by atoms with Gasteiger partial charge in [0, 0.05) is 36.0 Å². The molecule has 1 aromatic rings. The Kier molecular flexibility index (Phi) is 7.11. The van der Waals surface area contributed by atoms with E-state index in [-0.39, 0.29) is 30.4 Å². The Morgan fingerprint density at radius 2 is 2.23 bits per heavy atom. The number of ether oxygens (including phenoxy) is 2. The molecule has 1 aromatic heterocycles. The molecule has 6 heteroatoms. The van der Waals surface area contributed by atoms with Crippen LogP contribution in [0.25, 0.3) is 0 Å². The fraction of sp³-hybridized carbons (Fsp3) is 0.650. The van der Waals surface area contributed by atoms with Crippen LogP contribution in [-0.4, -0.2) is 36.6 Å². The summed E-state index contributed by atoms with van der Waals surface area (Å²) in [6.45, 7) is 2.60. The van der Waals surface area contributed by atoms with Crippen LogP contribution < -0.4 is 5.32 Å². The number of carbonyl (C=O) groups excluding carboxylic acids is 1. The van der Waals surface area contributed by atoms with Crippen molar-refractivity contribution < 1.29 is 19.4 Å². The van der Waals surface area contributed by atoms with Gasteiger partial charge in [-0.3, -0.25) is 4.79 Å². The summed E-state index contributed by atoms with van der Waals surface area (Å²) in [5.74, 6) is 0.387. The number of amides is 1. The topological polar surface area (TPSA) is 67.8 Å². The zero-order valence-electron chi connectivity index (χ0n) is 15.4. The third kappa shape index (κ3) is 4.67. The second kappa shape index (κ2) is 9.53. The van der Waals surface area contributed by atoms with E-state index in [9.17, 15) is 9.90 Å². The zero-order chi connectivity index (χ0) is 18.4. The average Bonchev–Trinajstić information content (AvgIpc) is 3.34. The first-order valence-corrected chi connectivity index (χ1v) is 10.6. The predicted molar refractivity (Wildman–Crippen MR) is 102 cm³/mol. The van der Waals surface area contributed by atoms with Gasteiger partial charge < -0.3 is 19.9 Å². The standard InChI is InChI=1S/C20H29NO4S/c1-2-24-20-15(9-5-11-22)16(18-10-6-12-26-18)13-17(25-20)19(23)21-14-7-3-4-8-14/h6,10,12-16,20,22H,2-5,7-9,11H2,1H3,(H,21,23)/t15-,16+,20-/m1/s1. The molecule has 2 heterocycles. The van der Waals surface area contributed by atoms with Gasteiger partial charge in [0.1, 0.15) is 0 Å². The van der Waals surface area contributed by atoms with Crippen LogP contribution in [0, 0.1) is 5.92 Å². The molecule has 3 atom stereocenters. The molecule has 1 saturated carbocycles. The summed E-state index contributed by atoms with van der Waals surface area (Å²) in [6, 6.07) is 4.38. The van der Waals surface area contributed by atoms with E-state index in [4.69, 9.17) is 9.47 Å². The molecule has 0 radical (unpaired) electrons. The molecule has 0 bridgehead atoms. The molecule has 1 fully saturated rings. The molecule has 1 amide bonds. The van der Waals surface area contributed by atoms with Crippen LogP contribution in [-0.2, 0) is 14.3 Å². The van der Waals surface area contributed by atoms with Gasteiger partial charge in [0.15, 0.2) is 5.76 Å². The number of aliphatic hydroxyl groups is 1. The van der Waals surface area contributed by atoms with E-state index >= 15 is 0 Å². The van der Waals surface area contributed by atoms with E-state index in [1.54, 1.807) is 11.3 Å². The van der Waals surface area contributed by atoms with Gasteiger partial charge >= 0.3 is 0 Å². The lowest BCUT2D eigenvalue weighted by Crippen LogP contribution is -2.41. The minimum atomic E-state index is -0.465. The second-order valence-electron chi connectivity index (χ2n) is 7.00. The van der Waals surface area contributed by atoms with Gasteiger partial charge in [-0.1, -0.05) is 18.9 Å².